The van der Waals surface area contributed by atoms with Gasteiger partial charge in [0.15, 0.2) is 5.17 Å². The number of thioether (sulfide) groups is 1. The molecule has 10 heteroatoms. The second-order valence-corrected chi connectivity index (χ2v) is 11.2. The van der Waals surface area contributed by atoms with Gasteiger partial charge in [-0.15, -0.1) is 11.3 Å². The Balaban J connectivity index is 1.35. The number of benzene rings is 2. The van der Waals surface area contributed by atoms with Crippen LogP contribution in [0.4, 0.5) is 11.4 Å². The molecule has 2 aliphatic rings. The maximum absolute atomic E-state index is 13.5. The van der Waals surface area contributed by atoms with E-state index in [0.717, 1.165) is 21.7 Å². The number of nitrogens with one attached hydrogen (secondary N) is 2. The van der Waals surface area contributed by atoms with Gasteiger partial charge in [-0.2, -0.15) is 0 Å². The Labute approximate surface area is 229 Å². The Kier molecular flexibility index (Phi) is 7.71. The Morgan fingerprint density at radius 3 is 2.74 bits per heavy atom. The molecule has 0 saturated heterocycles. The lowest BCUT2D eigenvalue weighted by Crippen LogP contribution is -2.43. The monoisotopic (exact) mass is 545 g/mol. The van der Waals surface area contributed by atoms with Gasteiger partial charge in [0.2, 0.25) is 11.8 Å². The summed E-state index contributed by atoms with van der Waals surface area (Å²) in [6.07, 6.45) is 0.474. The molecule has 0 bridgehead atoms. The number of hydrogen-bond donors (Lipinski definition) is 2. The lowest BCUT2D eigenvalue weighted by atomic mass is 10.1. The maximum Gasteiger partial charge on any atom is 0.259 e. The third kappa shape index (κ3) is 5.56. The molecule has 0 fully saturated rings. The van der Waals surface area contributed by atoms with Crippen molar-refractivity contribution in [1.29, 1.82) is 0 Å². The van der Waals surface area contributed by atoms with E-state index in [1.54, 1.807) is 11.3 Å². The molecule has 8 nitrogen and oxygen atoms in total. The third-order valence-corrected chi connectivity index (χ3v) is 8.36. The van der Waals surface area contributed by atoms with Crippen LogP contribution in [-0.4, -0.2) is 44.9 Å². The summed E-state index contributed by atoms with van der Waals surface area (Å²) in [5.74, 6) is -0.266. The van der Waals surface area contributed by atoms with Gasteiger partial charge in [-0.1, -0.05) is 49.0 Å². The van der Waals surface area contributed by atoms with Crippen molar-refractivity contribution in [3.05, 3.63) is 82.0 Å². The van der Waals surface area contributed by atoms with Crippen molar-refractivity contribution in [2.75, 3.05) is 5.32 Å². The number of anilines is 1. The molecule has 0 unspecified atom stereocenters. The molecular weight excluding hydrogens is 518 g/mol. The van der Waals surface area contributed by atoms with E-state index in [-0.39, 0.29) is 24.1 Å². The minimum atomic E-state index is -0.855. The number of aryl methyl sites for hydroxylation is 1. The Morgan fingerprint density at radius 1 is 1.13 bits per heavy atom. The SMILES string of the molecule is CC[C@@H](SC1=Nc2ccccc2C2=N[C@@H](CC(=O)NCc3cccs3)C(=O)N12)C(=O)Nc1cccc(C)c1. The number of amides is 3. The Morgan fingerprint density at radius 2 is 1.97 bits per heavy atom. The van der Waals surface area contributed by atoms with E-state index in [0.29, 0.717) is 29.7 Å². The van der Waals surface area contributed by atoms with Crippen molar-refractivity contribution in [3.8, 4) is 0 Å². The van der Waals surface area contributed by atoms with Gasteiger partial charge < -0.3 is 10.6 Å². The fraction of sp³-hybridized carbons (Fsp3) is 0.250. The van der Waals surface area contributed by atoms with Crippen LogP contribution >= 0.6 is 23.1 Å². The van der Waals surface area contributed by atoms with Gasteiger partial charge in [-0.25, -0.2) is 9.89 Å². The molecular formula is C28H27N5O3S2. The Bertz CT molecular complexity index is 1430. The van der Waals surface area contributed by atoms with Crippen molar-refractivity contribution in [2.45, 2.75) is 44.5 Å². The van der Waals surface area contributed by atoms with Crippen molar-refractivity contribution in [1.82, 2.24) is 10.2 Å². The molecule has 0 aliphatic carbocycles. The second-order valence-electron chi connectivity index (χ2n) is 8.99. The molecule has 1 aromatic heterocycles. The fourth-order valence-corrected chi connectivity index (χ4v) is 5.92. The maximum atomic E-state index is 13.5. The van der Waals surface area contributed by atoms with Crippen LogP contribution in [0.25, 0.3) is 0 Å². The molecule has 3 amide bonds. The van der Waals surface area contributed by atoms with Gasteiger partial charge in [0, 0.05) is 16.1 Å². The summed E-state index contributed by atoms with van der Waals surface area (Å²) in [5.41, 5.74) is 3.17. The van der Waals surface area contributed by atoms with Crippen LogP contribution in [0, 0.1) is 6.92 Å². The molecule has 2 aromatic carbocycles. The van der Waals surface area contributed by atoms with E-state index < -0.39 is 11.3 Å². The third-order valence-electron chi connectivity index (χ3n) is 6.16. The summed E-state index contributed by atoms with van der Waals surface area (Å²) in [6, 6.07) is 18.1. The van der Waals surface area contributed by atoms with Gasteiger partial charge in [-0.3, -0.25) is 19.4 Å². The van der Waals surface area contributed by atoms with Crippen molar-refractivity contribution in [3.63, 3.8) is 0 Å². The highest BCUT2D eigenvalue weighted by atomic mass is 32.2. The first-order chi connectivity index (χ1) is 18.4. The van der Waals surface area contributed by atoms with Gasteiger partial charge in [0.05, 0.1) is 23.9 Å². The number of amidine groups is 2. The van der Waals surface area contributed by atoms with Crippen LogP contribution in [0.5, 0.6) is 0 Å². The number of para-hydroxylation sites is 1. The molecule has 2 N–H and O–H groups in total. The highest BCUT2D eigenvalue weighted by Gasteiger charge is 2.43. The number of thiophene rings is 1. The van der Waals surface area contributed by atoms with Gasteiger partial charge in [0.1, 0.15) is 11.9 Å². The summed E-state index contributed by atoms with van der Waals surface area (Å²) in [5, 5.41) is 7.70. The van der Waals surface area contributed by atoms with E-state index in [1.807, 2.05) is 79.9 Å². The lowest BCUT2D eigenvalue weighted by molar-refractivity contribution is -0.128. The molecule has 38 heavy (non-hydrogen) atoms. The van der Waals surface area contributed by atoms with Crippen molar-refractivity contribution >= 4 is 63.2 Å². The summed E-state index contributed by atoms with van der Waals surface area (Å²) in [6.45, 7) is 4.30. The van der Waals surface area contributed by atoms with E-state index in [9.17, 15) is 14.4 Å². The van der Waals surface area contributed by atoms with E-state index in [4.69, 9.17) is 4.99 Å². The predicted molar refractivity (Wildman–Crippen MR) is 153 cm³/mol. The number of aliphatic imine (C=N–C) groups is 2. The van der Waals surface area contributed by atoms with Gasteiger partial charge in [0.25, 0.3) is 5.91 Å². The van der Waals surface area contributed by atoms with Crippen LogP contribution in [0.3, 0.4) is 0 Å². The molecule has 0 radical (unpaired) electrons. The smallest absolute Gasteiger partial charge is 0.259 e. The van der Waals surface area contributed by atoms with Crippen molar-refractivity contribution in [2.24, 2.45) is 9.98 Å². The molecule has 3 aromatic rings. The molecule has 3 heterocycles. The first-order valence-corrected chi connectivity index (χ1v) is 14.1. The number of fused-ring (bicyclic) bond motifs is 3. The van der Waals surface area contributed by atoms with Crippen LogP contribution in [0.1, 0.15) is 35.8 Å². The molecule has 2 atom stereocenters. The van der Waals surface area contributed by atoms with Gasteiger partial charge >= 0.3 is 0 Å². The molecule has 0 saturated carbocycles. The second kappa shape index (κ2) is 11.3. The van der Waals surface area contributed by atoms with Crippen LogP contribution in [0.15, 0.2) is 76.0 Å². The quantitative estimate of drug-likeness (QED) is 0.421. The minimum absolute atomic E-state index is 0.0601. The predicted octanol–water partition coefficient (Wildman–Crippen LogP) is 4.87. The first kappa shape index (κ1) is 25.9. The van der Waals surface area contributed by atoms with Crippen LogP contribution < -0.4 is 10.6 Å². The zero-order chi connectivity index (χ0) is 26.6. The van der Waals surface area contributed by atoms with Crippen LogP contribution in [0.2, 0.25) is 0 Å². The van der Waals surface area contributed by atoms with E-state index in [1.165, 1.54) is 16.7 Å². The lowest BCUT2D eigenvalue weighted by Gasteiger charge is -2.27. The molecule has 194 valence electrons. The number of carbonyl (C=O) groups excluding carboxylic acids is 3. The summed E-state index contributed by atoms with van der Waals surface area (Å²) in [7, 11) is 0. The topological polar surface area (TPSA) is 103 Å². The average molecular weight is 546 g/mol. The highest BCUT2D eigenvalue weighted by Crippen LogP contribution is 2.36. The number of nitrogens with zero attached hydrogens (tertiary/aromatic N) is 3. The zero-order valence-corrected chi connectivity index (χ0v) is 22.6. The summed E-state index contributed by atoms with van der Waals surface area (Å²) >= 11 is 2.79. The summed E-state index contributed by atoms with van der Waals surface area (Å²) in [4.78, 5) is 51.2. The largest absolute Gasteiger partial charge is 0.351 e. The van der Waals surface area contributed by atoms with E-state index in [2.05, 4.69) is 15.6 Å². The summed E-state index contributed by atoms with van der Waals surface area (Å²) < 4.78 is 0. The average Bonchev–Trinajstić information content (AvgIpc) is 3.54. The number of carbonyl (C=O) groups is 3. The molecule has 0 spiro atoms. The van der Waals surface area contributed by atoms with Crippen molar-refractivity contribution < 1.29 is 14.4 Å². The minimum Gasteiger partial charge on any atom is -0.351 e. The van der Waals surface area contributed by atoms with Gasteiger partial charge in [-0.05, 0) is 54.6 Å². The molecule has 5 rings (SSSR count). The first-order valence-electron chi connectivity index (χ1n) is 12.4. The highest BCUT2D eigenvalue weighted by molar-refractivity contribution is 8.15. The van der Waals surface area contributed by atoms with Crippen LogP contribution in [-0.2, 0) is 20.9 Å². The zero-order valence-electron chi connectivity index (χ0n) is 21.0. The standard InChI is InChI=1S/C28H27N5O3S2/c1-3-23(26(35)30-18-9-6-8-17(2)14-18)38-28-32-21-12-5-4-11-20(21)25-31-22(27(36)33(25)28)15-24(34)29-16-19-10-7-13-37-19/h4-14,22-23H,3,15-16H2,1-2H3,(H,29,34)(H,30,35)/t22-,23+/m0/s1. The van der Waals surface area contributed by atoms with E-state index >= 15 is 0 Å². The number of hydrogen-bond acceptors (Lipinski definition) is 7. The Hall–Kier alpha value is -3.76. The number of rotatable bonds is 8. The normalized spacial score (nSPS) is 16.7. The fourth-order valence-electron chi connectivity index (χ4n) is 4.26. The molecule has 2 aliphatic heterocycles.